The van der Waals surface area contributed by atoms with E-state index in [0.29, 0.717) is 19.2 Å². The summed E-state index contributed by atoms with van der Waals surface area (Å²) in [6.07, 6.45) is 3.01. The molecule has 1 atom stereocenters. The van der Waals surface area contributed by atoms with Crippen LogP contribution in [0, 0.1) is 0 Å². The predicted molar refractivity (Wildman–Crippen MR) is 108 cm³/mol. The second-order valence-corrected chi connectivity index (χ2v) is 7.69. The molecule has 0 amide bonds. The highest BCUT2D eigenvalue weighted by Gasteiger charge is 2.25. The lowest BCUT2D eigenvalue weighted by Crippen LogP contribution is -3.13. The first-order chi connectivity index (χ1) is 13.2. The molecule has 0 unspecified atom stereocenters. The number of piperidine rings is 1. The maximum absolute atomic E-state index is 10.3. The summed E-state index contributed by atoms with van der Waals surface area (Å²) in [5.41, 5.74) is 2.69. The standard InChI is InChI=1S/C23H32N2O2/c1-2-19-9-6-10-23(15-19)27-18-22(26)16-24-21-11-13-25(14-12-21)17-20-7-4-3-5-8-20/h3-10,15,21-22,24,26H,2,11-14,16-18H2,1H3/p+2/t22-/m0/s1. The van der Waals surface area contributed by atoms with Crippen LogP contribution in [0.2, 0.25) is 0 Å². The van der Waals surface area contributed by atoms with Crippen LogP contribution in [0.5, 0.6) is 5.75 Å². The van der Waals surface area contributed by atoms with Crippen LogP contribution in [0.15, 0.2) is 54.6 Å². The lowest BCUT2D eigenvalue weighted by molar-refractivity contribution is -0.926. The van der Waals surface area contributed by atoms with Crippen LogP contribution in [-0.2, 0) is 13.0 Å². The molecule has 0 bridgehead atoms. The van der Waals surface area contributed by atoms with Gasteiger partial charge in [-0.25, -0.2) is 0 Å². The van der Waals surface area contributed by atoms with Crippen LogP contribution in [0.1, 0.15) is 30.9 Å². The maximum atomic E-state index is 10.3. The van der Waals surface area contributed by atoms with E-state index >= 15 is 0 Å². The Morgan fingerprint density at radius 3 is 2.56 bits per heavy atom. The van der Waals surface area contributed by atoms with Crippen molar-refractivity contribution in [2.24, 2.45) is 0 Å². The summed E-state index contributed by atoms with van der Waals surface area (Å²) in [5, 5.41) is 12.6. The van der Waals surface area contributed by atoms with Crippen molar-refractivity contribution in [2.45, 2.75) is 44.9 Å². The molecular formula is C23H34N2O2+2. The van der Waals surface area contributed by atoms with Gasteiger partial charge in [0.25, 0.3) is 0 Å². The van der Waals surface area contributed by atoms with Crippen molar-refractivity contribution in [1.82, 2.24) is 0 Å². The van der Waals surface area contributed by atoms with Gasteiger partial charge >= 0.3 is 0 Å². The first kappa shape index (κ1) is 19.9. The molecule has 4 nitrogen and oxygen atoms in total. The van der Waals surface area contributed by atoms with E-state index in [4.69, 9.17) is 4.74 Å². The summed E-state index contributed by atoms with van der Waals surface area (Å²) in [5.74, 6) is 0.853. The molecule has 0 saturated carbocycles. The zero-order valence-electron chi connectivity index (χ0n) is 16.4. The van der Waals surface area contributed by atoms with Gasteiger partial charge in [-0.2, -0.15) is 0 Å². The molecule has 1 fully saturated rings. The lowest BCUT2D eigenvalue weighted by Gasteiger charge is -2.28. The second-order valence-electron chi connectivity index (χ2n) is 7.69. The number of nitrogens with one attached hydrogen (secondary N) is 1. The summed E-state index contributed by atoms with van der Waals surface area (Å²) < 4.78 is 5.76. The number of aliphatic hydroxyl groups is 1. The summed E-state index contributed by atoms with van der Waals surface area (Å²) >= 11 is 0. The molecule has 0 spiro atoms. The van der Waals surface area contributed by atoms with E-state index in [9.17, 15) is 5.11 Å². The van der Waals surface area contributed by atoms with Crippen molar-refractivity contribution >= 4 is 0 Å². The van der Waals surface area contributed by atoms with Crippen molar-refractivity contribution in [1.29, 1.82) is 0 Å². The van der Waals surface area contributed by atoms with Crippen LogP contribution in [0.3, 0.4) is 0 Å². The van der Waals surface area contributed by atoms with E-state index in [1.165, 1.54) is 37.1 Å². The van der Waals surface area contributed by atoms with E-state index in [1.54, 1.807) is 4.90 Å². The molecule has 1 aliphatic rings. The fraction of sp³-hybridized carbons (Fsp3) is 0.478. The van der Waals surface area contributed by atoms with Gasteiger partial charge in [0.2, 0.25) is 0 Å². The van der Waals surface area contributed by atoms with Gasteiger partial charge in [0.1, 0.15) is 31.5 Å². The highest BCUT2D eigenvalue weighted by atomic mass is 16.5. The minimum Gasteiger partial charge on any atom is -0.491 e. The SMILES string of the molecule is CCc1cccc(OC[C@@H](O)C[NH2+]C2CC[NH+](Cc3ccccc3)CC2)c1. The molecule has 1 heterocycles. The van der Waals surface area contributed by atoms with Crippen LogP contribution < -0.4 is 15.0 Å². The Hall–Kier alpha value is -1.88. The van der Waals surface area contributed by atoms with Crippen molar-refractivity contribution in [2.75, 3.05) is 26.2 Å². The first-order valence-electron chi connectivity index (χ1n) is 10.3. The summed E-state index contributed by atoms with van der Waals surface area (Å²) in [4.78, 5) is 1.67. The average molecular weight is 371 g/mol. The van der Waals surface area contributed by atoms with Gasteiger partial charge in [-0.05, 0) is 24.1 Å². The topological polar surface area (TPSA) is 50.5 Å². The Morgan fingerprint density at radius 2 is 1.81 bits per heavy atom. The largest absolute Gasteiger partial charge is 0.491 e. The van der Waals surface area contributed by atoms with Gasteiger partial charge in [-0.1, -0.05) is 49.4 Å². The second kappa shape index (κ2) is 10.5. The van der Waals surface area contributed by atoms with Crippen molar-refractivity contribution in [3.05, 3.63) is 65.7 Å². The third-order valence-corrected chi connectivity index (χ3v) is 5.52. The molecule has 4 N–H and O–H groups in total. The van der Waals surface area contributed by atoms with Gasteiger partial charge < -0.3 is 20.1 Å². The van der Waals surface area contributed by atoms with E-state index in [2.05, 4.69) is 54.7 Å². The number of likely N-dealkylation sites (tertiary alicyclic amines) is 1. The van der Waals surface area contributed by atoms with Crippen LogP contribution in [-0.4, -0.2) is 43.5 Å². The number of aryl methyl sites for hydroxylation is 1. The normalized spacial score (nSPS) is 21.0. The quantitative estimate of drug-likeness (QED) is 0.612. The Kier molecular flexibility index (Phi) is 7.69. The average Bonchev–Trinajstić information content (AvgIpc) is 2.72. The van der Waals surface area contributed by atoms with Crippen LogP contribution >= 0.6 is 0 Å². The molecule has 4 heteroatoms. The molecule has 27 heavy (non-hydrogen) atoms. The zero-order chi connectivity index (χ0) is 18.9. The monoisotopic (exact) mass is 370 g/mol. The highest BCUT2D eigenvalue weighted by molar-refractivity contribution is 5.28. The Morgan fingerprint density at radius 1 is 1.07 bits per heavy atom. The number of aliphatic hydroxyl groups excluding tert-OH is 1. The number of benzene rings is 2. The fourth-order valence-electron chi connectivity index (χ4n) is 3.81. The molecule has 1 saturated heterocycles. The van der Waals surface area contributed by atoms with E-state index in [1.807, 2.05) is 12.1 Å². The van der Waals surface area contributed by atoms with Crippen molar-refractivity contribution in [3.8, 4) is 5.75 Å². The molecule has 0 aromatic heterocycles. The van der Waals surface area contributed by atoms with E-state index < -0.39 is 6.10 Å². The molecule has 3 rings (SSSR count). The zero-order valence-corrected chi connectivity index (χ0v) is 16.4. The molecule has 0 aliphatic carbocycles. The third kappa shape index (κ3) is 6.65. The van der Waals surface area contributed by atoms with Gasteiger partial charge in [-0.3, -0.25) is 0 Å². The molecule has 2 aromatic rings. The Balaban J connectivity index is 1.32. The van der Waals surface area contributed by atoms with Gasteiger partial charge in [0.15, 0.2) is 0 Å². The maximum Gasteiger partial charge on any atom is 0.137 e. The predicted octanol–water partition coefficient (Wildman–Crippen LogP) is 0.800. The van der Waals surface area contributed by atoms with Gasteiger partial charge in [-0.15, -0.1) is 0 Å². The fourth-order valence-corrected chi connectivity index (χ4v) is 3.81. The van der Waals surface area contributed by atoms with Crippen molar-refractivity contribution in [3.63, 3.8) is 0 Å². The summed E-state index contributed by atoms with van der Waals surface area (Å²) in [7, 11) is 0. The molecular weight excluding hydrogens is 336 g/mol. The smallest absolute Gasteiger partial charge is 0.137 e. The van der Waals surface area contributed by atoms with E-state index in [0.717, 1.165) is 18.7 Å². The minimum atomic E-state index is -0.426. The molecule has 2 aromatic carbocycles. The van der Waals surface area contributed by atoms with Crippen LogP contribution in [0.4, 0.5) is 0 Å². The van der Waals surface area contributed by atoms with Crippen LogP contribution in [0.25, 0.3) is 0 Å². The van der Waals surface area contributed by atoms with E-state index in [-0.39, 0.29) is 0 Å². The lowest BCUT2D eigenvalue weighted by atomic mass is 10.0. The summed E-state index contributed by atoms with van der Waals surface area (Å²) in [6.45, 7) is 6.77. The number of rotatable bonds is 9. The van der Waals surface area contributed by atoms with Gasteiger partial charge in [0, 0.05) is 18.4 Å². The Bertz CT molecular complexity index is 669. The number of quaternary nitrogens is 2. The first-order valence-corrected chi connectivity index (χ1v) is 10.3. The molecule has 146 valence electrons. The minimum absolute atomic E-state index is 0.363. The van der Waals surface area contributed by atoms with Gasteiger partial charge in [0.05, 0.1) is 19.1 Å². The Labute approximate surface area is 163 Å². The summed E-state index contributed by atoms with van der Waals surface area (Å²) in [6, 6.07) is 19.5. The number of hydrogen-bond donors (Lipinski definition) is 3. The van der Waals surface area contributed by atoms with Crippen molar-refractivity contribution < 1.29 is 20.1 Å². The number of ether oxygens (including phenoxy) is 1. The highest BCUT2D eigenvalue weighted by Crippen LogP contribution is 2.13. The number of nitrogens with two attached hydrogens (primary N) is 1. The number of hydrogen-bond acceptors (Lipinski definition) is 2. The third-order valence-electron chi connectivity index (χ3n) is 5.52. The molecule has 0 radical (unpaired) electrons. The molecule has 1 aliphatic heterocycles.